The molecule has 3 amide bonds. The fourth-order valence-electron chi connectivity index (χ4n) is 4.45. The maximum Gasteiger partial charge on any atom is 0.408 e. The molecule has 2 N–H and O–H groups in total. The van der Waals surface area contributed by atoms with Gasteiger partial charge in [-0.15, -0.1) is 0 Å². The maximum atomic E-state index is 13.0. The summed E-state index contributed by atoms with van der Waals surface area (Å²) in [6, 6.07) is 16.9. The second kappa shape index (κ2) is 12.5. The van der Waals surface area contributed by atoms with E-state index in [0.717, 1.165) is 12.0 Å². The van der Waals surface area contributed by atoms with Gasteiger partial charge in [-0.25, -0.2) is 4.79 Å². The van der Waals surface area contributed by atoms with Crippen LogP contribution in [0.2, 0.25) is 0 Å². The number of likely N-dealkylation sites (tertiary alicyclic amines) is 1. The molecule has 0 spiro atoms. The third kappa shape index (κ3) is 7.41. The lowest BCUT2D eigenvalue weighted by Gasteiger charge is -2.26. The summed E-state index contributed by atoms with van der Waals surface area (Å²) in [7, 11) is 0. The Labute approximate surface area is 218 Å². The molecule has 1 saturated heterocycles. The minimum Gasteiger partial charge on any atom is -0.444 e. The van der Waals surface area contributed by atoms with Crippen LogP contribution in [-0.4, -0.2) is 53.8 Å². The van der Waals surface area contributed by atoms with Crippen molar-refractivity contribution in [3.63, 3.8) is 0 Å². The summed E-state index contributed by atoms with van der Waals surface area (Å²) >= 11 is 0. The smallest absolute Gasteiger partial charge is 0.408 e. The van der Waals surface area contributed by atoms with E-state index in [1.807, 2.05) is 57.2 Å². The van der Waals surface area contributed by atoms with Gasteiger partial charge in [-0.2, -0.15) is 0 Å². The number of ketones is 1. The summed E-state index contributed by atoms with van der Waals surface area (Å²) in [5.74, 6) is -1.58. The minimum atomic E-state index is -0.998. The van der Waals surface area contributed by atoms with Crippen LogP contribution in [-0.2, 0) is 14.3 Å². The molecule has 8 nitrogen and oxygen atoms in total. The Balaban J connectivity index is 1.61. The number of hydrogen-bond acceptors (Lipinski definition) is 5. The zero-order valence-corrected chi connectivity index (χ0v) is 22.0. The first-order valence-electron chi connectivity index (χ1n) is 12.8. The van der Waals surface area contributed by atoms with E-state index in [0.29, 0.717) is 24.9 Å². The average molecular weight is 508 g/mol. The highest BCUT2D eigenvalue weighted by atomic mass is 16.6. The Hall–Kier alpha value is -3.68. The van der Waals surface area contributed by atoms with Gasteiger partial charge in [0.05, 0.1) is 12.6 Å². The number of ether oxygens (including phenoxy) is 1. The summed E-state index contributed by atoms with van der Waals surface area (Å²) in [6.45, 7) is 8.31. The zero-order chi connectivity index (χ0) is 27.0. The number of nitrogens with one attached hydrogen (secondary N) is 2. The van der Waals surface area contributed by atoms with Crippen molar-refractivity contribution in [2.24, 2.45) is 5.41 Å². The molecule has 37 heavy (non-hydrogen) atoms. The molecule has 3 rings (SSSR count). The molecule has 0 saturated carbocycles. The summed E-state index contributed by atoms with van der Waals surface area (Å²) < 4.78 is 5.71. The van der Waals surface area contributed by atoms with Crippen LogP contribution in [0.3, 0.4) is 0 Å². The van der Waals surface area contributed by atoms with Crippen LogP contribution in [0.4, 0.5) is 4.79 Å². The van der Waals surface area contributed by atoms with Crippen LogP contribution in [0, 0.1) is 5.41 Å². The second-order valence-corrected chi connectivity index (χ2v) is 10.2. The van der Waals surface area contributed by atoms with E-state index >= 15 is 0 Å². The van der Waals surface area contributed by atoms with Crippen molar-refractivity contribution in [1.82, 2.24) is 15.5 Å². The molecule has 1 heterocycles. The molecule has 2 aromatic carbocycles. The highest BCUT2D eigenvalue weighted by Gasteiger charge is 2.44. The van der Waals surface area contributed by atoms with Crippen molar-refractivity contribution < 1.29 is 23.9 Å². The fourth-order valence-corrected chi connectivity index (χ4v) is 4.45. The maximum absolute atomic E-state index is 13.0. The Bertz CT molecular complexity index is 1090. The Kier molecular flexibility index (Phi) is 9.44. The van der Waals surface area contributed by atoms with Crippen molar-refractivity contribution in [2.45, 2.75) is 65.1 Å². The van der Waals surface area contributed by atoms with Crippen LogP contribution >= 0.6 is 0 Å². The van der Waals surface area contributed by atoms with Crippen LogP contribution in [0.1, 0.15) is 68.9 Å². The number of amides is 3. The predicted octanol–water partition coefficient (Wildman–Crippen LogP) is 4.27. The lowest BCUT2D eigenvalue weighted by atomic mass is 9.90. The number of unbranched alkanes of at least 4 members (excludes halogenated alkanes) is 1. The van der Waals surface area contributed by atoms with Crippen molar-refractivity contribution in [3.8, 4) is 0 Å². The van der Waals surface area contributed by atoms with E-state index in [-0.39, 0.29) is 18.5 Å². The van der Waals surface area contributed by atoms with Crippen LogP contribution < -0.4 is 10.6 Å². The van der Waals surface area contributed by atoms with Crippen molar-refractivity contribution in [1.29, 1.82) is 0 Å². The monoisotopic (exact) mass is 507 g/mol. The molecule has 0 radical (unpaired) electrons. The first-order valence-corrected chi connectivity index (χ1v) is 12.8. The SMILES string of the molecule is CCCC[C@H](NC(=O)O[C@H]1CN(C(=O)c2ccccc2)CC1(C)C)C(=O)C(=O)N[C@H](C)c1ccccc1. The lowest BCUT2D eigenvalue weighted by Crippen LogP contribution is -2.49. The summed E-state index contributed by atoms with van der Waals surface area (Å²) in [5, 5.41) is 5.33. The van der Waals surface area contributed by atoms with Gasteiger partial charge < -0.3 is 20.3 Å². The highest BCUT2D eigenvalue weighted by Crippen LogP contribution is 2.33. The lowest BCUT2D eigenvalue weighted by molar-refractivity contribution is -0.139. The fraction of sp³-hybridized carbons (Fsp3) is 0.448. The van der Waals surface area contributed by atoms with E-state index in [1.165, 1.54) is 0 Å². The minimum absolute atomic E-state index is 0.125. The van der Waals surface area contributed by atoms with Crippen molar-refractivity contribution in [3.05, 3.63) is 71.8 Å². The Morgan fingerprint density at radius 3 is 2.24 bits per heavy atom. The number of Topliss-reactive ketones (excluding diaryl/α,β-unsaturated/α-hetero) is 1. The van der Waals surface area contributed by atoms with Gasteiger partial charge >= 0.3 is 6.09 Å². The van der Waals surface area contributed by atoms with Gasteiger partial charge in [0.2, 0.25) is 5.78 Å². The van der Waals surface area contributed by atoms with Crippen LogP contribution in [0.5, 0.6) is 0 Å². The molecule has 1 aliphatic heterocycles. The third-order valence-corrected chi connectivity index (χ3v) is 6.74. The summed E-state index contributed by atoms with van der Waals surface area (Å²) in [6.07, 6.45) is 0.449. The van der Waals surface area contributed by atoms with Crippen LogP contribution in [0.15, 0.2) is 60.7 Å². The number of carbonyl (C=O) groups excluding carboxylic acids is 4. The first-order chi connectivity index (χ1) is 17.6. The molecule has 2 aromatic rings. The van der Waals surface area contributed by atoms with Gasteiger partial charge in [0, 0.05) is 17.5 Å². The number of rotatable bonds is 10. The molecule has 1 fully saturated rings. The van der Waals surface area contributed by atoms with Crippen molar-refractivity contribution in [2.75, 3.05) is 13.1 Å². The normalized spacial score (nSPS) is 17.9. The van der Waals surface area contributed by atoms with E-state index in [1.54, 1.807) is 36.1 Å². The largest absolute Gasteiger partial charge is 0.444 e. The summed E-state index contributed by atoms with van der Waals surface area (Å²) in [4.78, 5) is 53.1. The number of benzene rings is 2. The molecule has 198 valence electrons. The van der Waals surface area contributed by atoms with E-state index in [9.17, 15) is 19.2 Å². The Morgan fingerprint density at radius 1 is 1.00 bits per heavy atom. The number of carbonyl (C=O) groups is 4. The summed E-state index contributed by atoms with van der Waals surface area (Å²) in [5.41, 5.74) is 0.969. The highest BCUT2D eigenvalue weighted by molar-refractivity contribution is 6.38. The predicted molar refractivity (Wildman–Crippen MR) is 141 cm³/mol. The molecule has 0 bridgehead atoms. The van der Waals surface area contributed by atoms with E-state index in [4.69, 9.17) is 4.74 Å². The molecule has 0 aromatic heterocycles. The number of nitrogens with zero attached hydrogens (tertiary/aromatic N) is 1. The molecule has 8 heteroatoms. The Morgan fingerprint density at radius 2 is 1.62 bits per heavy atom. The molecular weight excluding hydrogens is 470 g/mol. The van der Waals surface area contributed by atoms with Gasteiger partial charge in [-0.3, -0.25) is 14.4 Å². The molecular formula is C29H37N3O5. The molecule has 3 atom stereocenters. The standard InChI is InChI=1S/C29H37N3O5/c1-5-6-17-23(25(33)26(34)30-20(2)21-13-9-7-10-14-21)31-28(36)37-24-18-32(19-29(24,3)4)27(35)22-15-11-8-12-16-22/h7-16,20,23-24H,5-6,17-19H2,1-4H3,(H,30,34)(H,31,36)/t20-,23+,24+/m1/s1. The molecule has 1 aliphatic rings. The van der Waals surface area contributed by atoms with E-state index in [2.05, 4.69) is 10.6 Å². The first kappa shape index (κ1) is 27.9. The topological polar surface area (TPSA) is 105 Å². The average Bonchev–Trinajstić information content (AvgIpc) is 3.19. The van der Waals surface area contributed by atoms with Gasteiger partial charge in [-0.05, 0) is 31.0 Å². The van der Waals surface area contributed by atoms with E-state index < -0.39 is 35.3 Å². The third-order valence-electron chi connectivity index (χ3n) is 6.74. The van der Waals surface area contributed by atoms with Crippen LogP contribution in [0.25, 0.3) is 0 Å². The second-order valence-electron chi connectivity index (χ2n) is 10.2. The van der Waals surface area contributed by atoms with Gasteiger partial charge in [-0.1, -0.05) is 82.1 Å². The quantitative estimate of drug-likeness (QED) is 0.468. The molecule has 0 unspecified atom stereocenters. The number of alkyl carbamates (subject to hydrolysis) is 1. The van der Waals surface area contributed by atoms with Gasteiger partial charge in [0.25, 0.3) is 11.8 Å². The van der Waals surface area contributed by atoms with Gasteiger partial charge in [0.1, 0.15) is 12.1 Å². The zero-order valence-electron chi connectivity index (χ0n) is 22.0. The molecule has 0 aliphatic carbocycles. The number of hydrogen-bond donors (Lipinski definition) is 2. The van der Waals surface area contributed by atoms with Crippen molar-refractivity contribution >= 4 is 23.7 Å². The van der Waals surface area contributed by atoms with Gasteiger partial charge in [0.15, 0.2) is 0 Å².